The molecule has 1 aromatic rings. The third-order valence-electron chi connectivity index (χ3n) is 2.97. The number of ketones is 1. The topological polar surface area (TPSA) is 33.2 Å². The van der Waals surface area contributed by atoms with Crippen LogP contribution in [0, 0.1) is 0 Å². The summed E-state index contributed by atoms with van der Waals surface area (Å²) in [5.74, 6) is 0.766. The number of piperidine rings is 1. The lowest BCUT2D eigenvalue weighted by Gasteiger charge is -2.28. The van der Waals surface area contributed by atoms with Crippen LogP contribution >= 0.6 is 11.3 Å². The molecule has 1 fully saturated rings. The number of rotatable bonds is 3. The van der Waals surface area contributed by atoms with Crippen LogP contribution in [0.4, 0.5) is 0 Å². The number of carbonyl (C=O) groups is 1. The Hall–Kier alpha value is -0.740. The molecule has 1 aliphatic rings. The van der Waals surface area contributed by atoms with Gasteiger partial charge in [-0.2, -0.15) is 0 Å². The first-order chi connectivity index (χ1) is 7.65. The van der Waals surface area contributed by atoms with Crippen molar-refractivity contribution in [2.75, 3.05) is 20.1 Å². The number of Topliss-reactive ketones (excluding diaryl/α,β-unsaturated/α-hetero) is 1. The molecule has 0 aliphatic carbocycles. The molecule has 2 rings (SSSR count). The van der Waals surface area contributed by atoms with Gasteiger partial charge in [-0.3, -0.25) is 4.79 Å². The Labute approximate surface area is 100 Å². The molecule has 0 amide bonds. The van der Waals surface area contributed by atoms with Crippen molar-refractivity contribution in [2.24, 2.45) is 0 Å². The van der Waals surface area contributed by atoms with Crippen LogP contribution < -0.4 is 0 Å². The summed E-state index contributed by atoms with van der Waals surface area (Å²) in [6.07, 6.45) is 2.97. The van der Waals surface area contributed by atoms with Gasteiger partial charge in [0.25, 0.3) is 0 Å². The SMILES string of the molecule is CC(=O)Cc1csc(C2CCCN(C)C2)n1. The molecule has 0 aromatic carbocycles. The van der Waals surface area contributed by atoms with E-state index in [1.165, 1.54) is 24.4 Å². The van der Waals surface area contributed by atoms with E-state index in [0.29, 0.717) is 12.3 Å². The summed E-state index contributed by atoms with van der Waals surface area (Å²) in [5.41, 5.74) is 0.945. The van der Waals surface area contributed by atoms with Crippen molar-refractivity contribution in [1.82, 2.24) is 9.88 Å². The third-order valence-corrected chi connectivity index (χ3v) is 4.03. The predicted molar refractivity (Wildman–Crippen MR) is 66.0 cm³/mol. The Balaban J connectivity index is 2.03. The lowest BCUT2D eigenvalue weighted by atomic mass is 9.99. The smallest absolute Gasteiger partial charge is 0.135 e. The summed E-state index contributed by atoms with van der Waals surface area (Å²) in [6, 6.07) is 0. The van der Waals surface area contributed by atoms with Crippen molar-refractivity contribution in [2.45, 2.75) is 32.1 Å². The summed E-state index contributed by atoms with van der Waals surface area (Å²) in [5, 5.41) is 3.24. The Kier molecular flexibility index (Phi) is 3.71. The zero-order chi connectivity index (χ0) is 11.5. The fourth-order valence-corrected chi connectivity index (χ4v) is 3.16. The van der Waals surface area contributed by atoms with Gasteiger partial charge in [-0.15, -0.1) is 11.3 Å². The van der Waals surface area contributed by atoms with Crippen LogP contribution in [-0.2, 0) is 11.2 Å². The highest BCUT2D eigenvalue weighted by atomic mass is 32.1. The molecule has 0 radical (unpaired) electrons. The Morgan fingerprint density at radius 3 is 3.19 bits per heavy atom. The number of carbonyl (C=O) groups excluding carboxylic acids is 1. The van der Waals surface area contributed by atoms with Gasteiger partial charge in [0.05, 0.1) is 10.7 Å². The summed E-state index contributed by atoms with van der Waals surface area (Å²) in [4.78, 5) is 17.9. The highest BCUT2D eigenvalue weighted by Crippen LogP contribution is 2.28. The van der Waals surface area contributed by atoms with Crippen molar-refractivity contribution in [3.63, 3.8) is 0 Å². The summed E-state index contributed by atoms with van der Waals surface area (Å²) < 4.78 is 0. The van der Waals surface area contributed by atoms with Crippen LogP contribution in [0.1, 0.15) is 36.4 Å². The largest absolute Gasteiger partial charge is 0.306 e. The van der Waals surface area contributed by atoms with Crippen molar-refractivity contribution in [1.29, 1.82) is 0 Å². The molecule has 1 saturated heterocycles. The average Bonchev–Trinajstić information content (AvgIpc) is 2.65. The fourth-order valence-electron chi connectivity index (χ4n) is 2.21. The van der Waals surface area contributed by atoms with E-state index in [2.05, 4.69) is 16.9 Å². The van der Waals surface area contributed by atoms with Crippen LogP contribution in [0.2, 0.25) is 0 Å². The maximum atomic E-state index is 11.0. The van der Waals surface area contributed by atoms with Gasteiger partial charge in [0.2, 0.25) is 0 Å². The van der Waals surface area contributed by atoms with Crippen molar-refractivity contribution in [3.8, 4) is 0 Å². The van der Waals surface area contributed by atoms with Crippen LogP contribution in [-0.4, -0.2) is 35.8 Å². The number of nitrogens with zero attached hydrogens (tertiary/aromatic N) is 2. The molecule has 4 heteroatoms. The van der Waals surface area contributed by atoms with Crippen LogP contribution in [0.15, 0.2) is 5.38 Å². The summed E-state index contributed by atoms with van der Waals surface area (Å²) >= 11 is 1.71. The van der Waals surface area contributed by atoms with Gasteiger partial charge in [0.1, 0.15) is 5.78 Å². The minimum Gasteiger partial charge on any atom is -0.306 e. The van der Waals surface area contributed by atoms with Gasteiger partial charge in [0.15, 0.2) is 0 Å². The van der Waals surface area contributed by atoms with Crippen LogP contribution in [0.3, 0.4) is 0 Å². The highest BCUT2D eigenvalue weighted by Gasteiger charge is 2.21. The molecule has 2 heterocycles. The molecule has 1 aromatic heterocycles. The standard InChI is InChI=1S/C12H18N2OS/c1-9(15)6-11-8-16-12(13-11)10-4-3-5-14(2)7-10/h8,10H,3-7H2,1-2H3. The minimum absolute atomic E-state index is 0.192. The van der Waals surface area contributed by atoms with Crippen molar-refractivity contribution >= 4 is 17.1 Å². The summed E-state index contributed by atoms with van der Waals surface area (Å²) in [7, 11) is 2.16. The van der Waals surface area contributed by atoms with E-state index in [0.717, 1.165) is 12.2 Å². The number of aromatic nitrogens is 1. The van der Waals surface area contributed by atoms with Gasteiger partial charge >= 0.3 is 0 Å². The van der Waals surface area contributed by atoms with E-state index < -0.39 is 0 Å². The van der Waals surface area contributed by atoms with E-state index in [1.54, 1.807) is 18.3 Å². The third kappa shape index (κ3) is 2.89. The lowest BCUT2D eigenvalue weighted by Crippen LogP contribution is -2.30. The Morgan fingerprint density at radius 2 is 2.50 bits per heavy atom. The second-order valence-electron chi connectivity index (χ2n) is 4.66. The normalized spacial score (nSPS) is 22.2. The minimum atomic E-state index is 0.192. The Morgan fingerprint density at radius 1 is 1.69 bits per heavy atom. The molecule has 0 bridgehead atoms. The highest BCUT2D eigenvalue weighted by molar-refractivity contribution is 7.09. The molecule has 1 unspecified atom stereocenters. The van der Waals surface area contributed by atoms with Crippen LogP contribution in [0.25, 0.3) is 0 Å². The number of likely N-dealkylation sites (N-methyl/N-ethyl adjacent to an activating group) is 1. The van der Waals surface area contributed by atoms with E-state index in [1.807, 2.05) is 5.38 Å². The quantitative estimate of drug-likeness (QED) is 0.808. The molecule has 88 valence electrons. The zero-order valence-corrected chi connectivity index (χ0v) is 10.7. The number of thiazole rings is 1. The van der Waals surface area contributed by atoms with Gasteiger partial charge in [-0.1, -0.05) is 0 Å². The van der Waals surface area contributed by atoms with Crippen LogP contribution in [0.5, 0.6) is 0 Å². The maximum absolute atomic E-state index is 11.0. The zero-order valence-electron chi connectivity index (χ0n) is 9.90. The first-order valence-electron chi connectivity index (χ1n) is 5.77. The fraction of sp³-hybridized carbons (Fsp3) is 0.667. The number of hydrogen-bond acceptors (Lipinski definition) is 4. The average molecular weight is 238 g/mol. The van der Waals surface area contributed by atoms with E-state index in [4.69, 9.17) is 0 Å². The first-order valence-corrected chi connectivity index (χ1v) is 6.65. The van der Waals surface area contributed by atoms with Gasteiger partial charge in [-0.05, 0) is 33.4 Å². The second-order valence-corrected chi connectivity index (χ2v) is 5.55. The summed E-state index contributed by atoms with van der Waals surface area (Å²) in [6.45, 7) is 3.92. The molecular formula is C12H18N2OS. The number of hydrogen-bond donors (Lipinski definition) is 0. The first kappa shape index (κ1) is 11.7. The van der Waals surface area contributed by atoms with Crippen molar-refractivity contribution < 1.29 is 4.79 Å². The van der Waals surface area contributed by atoms with E-state index in [-0.39, 0.29) is 5.78 Å². The molecule has 3 nitrogen and oxygen atoms in total. The second kappa shape index (κ2) is 5.06. The van der Waals surface area contributed by atoms with Gasteiger partial charge < -0.3 is 4.90 Å². The van der Waals surface area contributed by atoms with E-state index >= 15 is 0 Å². The molecule has 0 saturated carbocycles. The molecular weight excluding hydrogens is 220 g/mol. The molecule has 16 heavy (non-hydrogen) atoms. The van der Waals surface area contributed by atoms with Crippen molar-refractivity contribution in [3.05, 3.63) is 16.1 Å². The van der Waals surface area contributed by atoms with E-state index in [9.17, 15) is 4.79 Å². The lowest BCUT2D eigenvalue weighted by molar-refractivity contribution is -0.116. The monoisotopic (exact) mass is 238 g/mol. The molecule has 1 atom stereocenters. The van der Waals surface area contributed by atoms with Gasteiger partial charge in [-0.25, -0.2) is 4.98 Å². The molecule has 0 spiro atoms. The molecule has 0 N–H and O–H groups in total. The van der Waals surface area contributed by atoms with Gasteiger partial charge in [0, 0.05) is 24.3 Å². The number of likely N-dealkylation sites (tertiary alicyclic amines) is 1. The maximum Gasteiger partial charge on any atom is 0.135 e. The predicted octanol–water partition coefficient (Wildman–Crippen LogP) is 2.08. The Bertz CT molecular complexity index is 375. The molecule has 1 aliphatic heterocycles.